The summed E-state index contributed by atoms with van der Waals surface area (Å²) in [5, 5.41) is 11.7. The van der Waals surface area contributed by atoms with E-state index in [0.717, 1.165) is 12.1 Å². The van der Waals surface area contributed by atoms with E-state index in [-0.39, 0.29) is 38.9 Å². The molecule has 0 amide bonds. The molecule has 4 aromatic rings. The number of pyridine rings is 1. The Balaban J connectivity index is 1.42. The van der Waals surface area contributed by atoms with Gasteiger partial charge in [0.2, 0.25) is 11.6 Å². The van der Waals surface area contributed by atoms with E-state index in [1.807, 2.05) is 0 Å². The molecule has 0 saturated heterocycles. The average molecular weight is 644 g/mol. The van der Waals surface area contributed by atoms with Crippen LogP contribution in [0.25, 0.3) is 0 Å². The number of alkyl halides is 3. The summed E-state index contributed by atoms with van der Waals surface area (Å²) < 4.78 is 60.3. The van der Waals surface area contributed by atoms with Crippen molar-refractivity contribution in [3.05, 3.63) is 104 Å². The van der Waals surface area contributed by atoms with E-state index >= 15 is 0 Å². The van der Waals surface area contributed by atoms with Gasteiger partial charge in [0, 0.05) is 23.4 Å². The number of hydrogen-bond donors (Lipinski definition) is 0. The summed E-state index contributed by atoms with van der Waals surface area (Å²) in [5.41, 5.74) is -1.53. The maximum Gasteiger partial charge on any atom is 0.417 e. The van der Waals surface area contributed by atoms with Gasteiger partial charge < -0.3 is 18.9 Å². The maximum absolute atomic E-state index is 12.8. The van der Waals surface area contributed by atoms with Crippen molar-refractivity contribution in [3.63, 3.8) is 0 Å². The van der Waals surface area contributed by atoms with Crippen molar-refractivity contribution in [3.8, 4) is 34.6 Å². The molecular formula is C27H16Cl3F3N2O7. The van der Waals surface area contributed by atoms with Crippen molar-refractivity contribution >= 4 is 46.5 Å². The van der Waals surface area contributed by atoms with Crippen molar-refractivity contribution < 1.29 is 41.8 Å². The summed E-state index contributed by atoms with van der Waals surface area (Å²) in [7, 11) is 0. The SMILES string of the molecule is CC(Oc1ccc(Oc2ncc(C(F)(F)F)cc2Cl)cc1)C(=O)Oc1cc(Oc2ccc(Cl)cc2Cl)ccc1[N+](=O)[O-]. The molecule has 0 fully saturated rings. The van der Waals surface area contributed by atoms with Crippen LogP contribution in [-0.4, -0.2) is 22.0 Å². The third-order valence-corrected chi connectivity index (χ3v) is 6.08. The fourth-order valence-corrected chi connectivity index (χ4v) is 3.92. The number of rotatable bonds is 9. The van der Waals surface area contributed by atoms with Crippen LogP contribution in [0.5, 0.6) is 34.6 Å². The molecule has 1 aromatic heterocycles. The van der Waals surface area contributed by atoms with Crippen LogP contribution >= 0.6 is 34.8 Å². The van der Waals surface area contributed by atoms with E-state index in [1.165, 1.54) is 55.5 Å². The van der Waals surface area contributed by atoms with Crippen molar-refractivity contribution in [2.45, 2.75) is 19.2 Å². The van der Waals surface area contributed by atoms with Gasteiger partial charge in [-0.3, -0.25) is 10.1 Å². The number of carbonyl (C=O) groups excluding carboxylic acids is 1. The van der Waals surface area contributed by atoms with Gasteiger partial charge in [0.05, 0.1) is 15.5 Å². The van der Waals surface area contributed by atoms with Gasteiger partial charge in [0.15, 0.2) is 6.10 Å². The fourth-order valence-electron chi connectivity index (χ4n) is 3.27. The second kappa shape index (κ2) is 12.7. The molecule has 9 nitrogen and oxygen atoms in total. The Morgan fingerprint density at radius 3 is 2.17 bits per heavy atom. The summed E-state index contributed by atoms with van der Waals surface area (Å²) in [5.74, 6) is -0.940. The zero-order chi connectivity index (χ0) is 30.6. The molecule has 0 aliphatic carbocycles. The Bertz CT molecular complexity index is 1640. The highest BCUT2D eigenvalue weighted by atomic mass is 35.5. The van der Waals surface area contributed by atoms with Crippen molar-refractivity contribution in [2.24, 2.45) is 0 Å². The molecular weight excluding hydrogens is 628 g/mol. The van der Waals surface area contributed by atoms with E-state index in [4.69, 9.17) is 53.8 Å². The predicted molar refractivity (Wildman–Crippen MR) is 146 cm³/mol. The summed E-state index contributed by atoms with van der Waals surface area (Å²) in [6.07, 6.45) is -5.25. The van der Waals surface area contributed by atoms with Crippen LogP contribution in [-0.2, 0) is 11.0 Å². The van der Waals surface area contributed by atoms with Gasteiger partial charge in [-0.15, -0.1) is 0 Å². The van der Waals surface area contributed by atoms with E-state index in [0.29, 0.717) is 17.3 Å². The number of aromatic nitrogens is 1. The Morgan fingerprint density at radius 2 is 1.55 bits per heavy atom. The highest BCUT2D eigenvalue weighted by molar-refractivity contribution is 6.35. The molecule has 218 valence electrons. The van der Waals surface area contributed by atoms with Crippen LogP contribution in [0.1, 0.15) is 12.5 Å². The molecule has 4 rings (SSSR count). The van der Waals surface area contributed by atoms with Crippen molar-refractivity contribution in [1.29, 1.82) is 0 Å². The van der Waals surface area contributed by atoms with Crippen LogP contribution in [0, 0.1) is 10.1 Å². The van der Waals surface area contributed by atoms with Crippen molar-refractivity contribution in [2.75, 3.05) is 0 Å². The number of esters is 1. The first kappa shape index (κ1) is 30.7. The number of carbonyl (C=O) groups is 1. The molecule has 42 heavy (non-hydrogen) atoms. The summed E-state index contributed by atoms with van der Waals surface area (Å²) in [4.78, 5) is 27.1. The molecule has 1 heterocycles. The van der Waals surface area contributed by atoms with Crippen LogP contribution < -0.4 is 18.9 Å². The number of halogens is 6. The lowest BCUT2D eigenvalue weighted by Crippen LogP contribution is -2.28. The van der Waals surface area contributed by atoms with Gasteiger partial charge in [-0.05, 0) is 61.5 Å². The molecule has 0 bridgehead atoms. The molecule has 0 N–H and O–H groups in total. The zero-order valence-electron chi connectivity index (χ0n) is 21.0. The normalized spacial score (nSPS) is 11.9. The Labute approximate surface area is 250 Å². The third-order valence-electron chi connectivity index (χ3n) is 5.28. The molecule has 1 unspecified atom stereocenters. The average Bonchev–Trinajstić information content (AvgIpc) is 2.92. The van der Waals surface area contributed by atoms with Gasteiger partial charge in [-0.2, -0.15) is 13.2 Å². The molecule has 3 aromatic carbocycles. The van der Waals surface area contributed by atoms with Gasteiger partial charge >= 0.3 is 17.8 Å². The Hall–Kier alpha value is -4.26. The summed E-state index contributed by atoms with van der Waals surface area (Å²) >= 11 is 17.8. The predicted octanol–water partition coefficient (Wildman–Crippen LogP) is 8.93. The highest BCUT2D eigenvalue weighted by Crippen LogP contribution is 2.37. The van der Waals surface area contributed by atoms with Crippen LogP contribution in [0.15, 0.2) is 72.9 Å². The third kappa shape index (κ3) is 7.72. The lowest BCUT2D eigenvalue weighted by Gasteiger charge is -2.15. The topological polar surface area (TPSA) is 110 Å². The maximum atomic E-state index is 12.8. The minimum absolute atomic E-state index is 0.0967. The Morgan fingerprint density at radius 1 is 0.881 bits per heavy atom. The number of nitro groups is 1. The molecule has 0 radical (unpaired) electrons. The molecule has 0 aliphatic rings. The van der Waals surface area contributed by atoms with Gasteiger partial charge in [-0.25, -0.2) is 9.78 Å². The molecule has 0 aliphatic heterocycles. The summed E-state index contributed by atoms with van der Waals surface area (Å²) in [6, 6.07) is 14.3. The highest BCUT2D eigenvalue weighted by Gasteiger charge is 2.32. The fraction of sp³-hybridized carbons (Fsp3) is 0.111. The largest absolute Gasteiger partial charge is 0.479 e. The molecule has 0 spiro atoms. The van der Waals surface area contributed by atoms with Crippen LogP contribution in [0.4, 0.5) is 18.9 Å². The first-order valence-corrected chi connectivity index (χ1v) is 12.7. The second-order valence-corrected chi connectivity index (χ2v) is 9.58. The second-order valence-electron chi connectivity index (χ2n) is 8.33. The first-order valence-electron chi connectivity index (χ1n) is 11.6. The number of nitrogens with zero attached hydrogens (tertiary/aromatic N) is 2. The molecule has 0 saturated carbocycles. The van der Waals surface area contributed by atoms with Gasteiger partial charge in [0.1, 0.15) is 28.0 Å². The van der Waals surface area contributed by atoms with E-state index in [1.54, 1.807) is 0 Å². The van der Waals surface area contributed by atoms with Crippen LogP contribution in [0.2, 0.25) is 15.1 Å². The smallest absolute Gasteiger partial charge is 0.417 e. The van der Waals surface area contributed by atoms with Crippen molar-refractivity contribution in [1.82, 2.24) is 4.98 Å². The monoisotopic (exact) mass is 642 g/mol. The van der Waals surface area contributed by atoms with Gasteiger partial charge in [-0.1, -0.05) is 34.8 Å². The lowest BCUT2D eigenvalue weighted by molar-refractivity contribution is -0.385. The number of nitro benzene ring substituents is 1. The van der Waals surface area contributed by atoms with E-state index in [2.05, 4.69) is 4.98 Å². The number of benzene rings is 3. The minimum Gasteiger partial charge on any atom is -0.479 e. The number of ether oxygens (including phenoxy) is 4. The van der Waals surface area contributed by atoms with E-state index in [9.17, 15) is 28.1 Å². The van der Waals surface area contributed by atoms with E-state index < -0.39 is 40.2 Å². The minimum atomic E-state index is -4.61. The summed E-state index contributed by atoms with van der Waals surface area (Å²) in [6.45, 7) is 1.36. The van der Waals surface area contributed by atoms with Crippen LogP contribution in [0.3, 0.4) is 0 Å². The van der Waals surface area contributed by atoms with Gasteiger partial charge in [0.25, 0.3) is 0 Å². The first-order chi connectivity index (χ1) is 19.8. The quantitative estimate of drug-likeness (QED) is 0.0770. The standard InChI is InChI=1S/C27H16Cl3F3N2O7/c1-14(39-17-3-5-18(6-4-17)41-25-21(30)10-15(13-34-25)27(31,32)33)26(36)42-24-12-19(7-8-22(24)35(37)38)40-23-9-2-16(28)11-20(23)29/h2-14H,1H3. The zero-order valence-corrected chi connectivity index (χ0v) is 23.3. The molecule has 1 atom stereocenters. The number of hydrogen-bond acceptors (Lipinski definition) is 8. The molecule has 15 heteroatoms. The Kier molecular flexibility index (Phi) is 9.30. The lowest BCUT2D eigenvalue weighted by atomic mass is 10.2.